The van der Waals surface area contributed by atoms with Gasteiger partial charge in [-0.2, -0.15) is 26.3 Å². The lowest BCUT2D eigenvalue weighted by Gasteiger charge is -2.41. The largest absolute Gasteiger partial charge is 0.416 e. The van der Waals surface area contributed by atoms with Gasteiger partial charge in [0.1, 0.15) is 0 Å². The lowest BCUT2D eigenvalue weighted by molar-refractivity contribution is -0.143. The van der Waals surface area contributed by atoms with Crippen LogP contribution < -0.4 is 10.9 Å². The summed E-state index contributed by atoms with van der Waals surface area (Å²) in [7, 11) is 1.73. The standard InChI is InChI=1S/C30H31F6N3O2/c1-38-25-14-20(4-5-22(25)6-7-26(38)40)18-39-10-8-28(9-11-39,16-19-2-3-19)27(41)37-17-21-12-23(29(31,32)33)15-24(13-21)30(34,35)36/h4-7,12-15,19H,2-3,8-11,16-18H2,1H3,(H,37,41). The van der Waals surface area contributed by atoms with Crippen LogP contribution in [0.2, 0.25) is 0 Å². The lowest BCUT2D eigenvalue weighted by Crippen LogP contribution is -2.48. The zero-order valence-electron chi connectivity index (χ0n) is 22.5. The van der Waals surface area contributed by atoms with Gasteiger partial charge in [-0.05, 0) is 85.1 Å². The fourth-order valence-corrected chi connectivity index (χ4v) is 5.80. The minimum absolute atomic E-state index is 0.0881. The number of likely N-dealkylation sites (tertiary alicyclic amines) is 1. The van der Waals surface area contributed by atoms with Gasteiger partial charge in [0.15, 0.2) is 0 Å². The van der Waals surface area contributed by atoms with E-state index in [9.17, 15) is 35.9 Å². The minimum Gasteiger partial charge on any atom is -0.352 e. The summed E-state index contributed by atoms with van der Waals surface area (Å²) >= 11 is 0. The van der Waals surface area contributed by atoms with Crippen LogP contribution in [0.5, 0.6) is 0 Å². The highest BCUT2D eigenvalue weighted by Crippen LogP contribution is 2.46. The monoisotopic (exact) mass is 579 g/mol. The highest BCUT2D eigenvalue weighted by Gasteiger charge is 2.45. The highest BCUT2D eigenvalue weighted by molar-refractivity contribution is 5.83. The molecule has 1 aliphatic heterocycles. The summed E-state index contributed by atoms with van der Waals surface area (Å²) in [6, 6.07) is 10.7. The average molecular weight is 580 g/mol. The van der Waals surface area contributed by atoms with Crippen LogP contribution in [0.3, 0.4) is 0 Å². The molecule has 2 heterocycles. The van der Waals surface area contributed by atoms with Crippen molar-refractivity contribution in [1.82, 2.24) is 14.8 Å². The number of carbonyl (C=O) groups is 1. The summed E-state index contributed by atoms with van der Waals surface area (Å²) in [5.41, 5.74) is -1.99. The molecule has 2 aromatic carbocycles. The molecule has 41 heavy (non-hydrogen) atoms. The molecule has 0 atom stereocenters. The summed E-state index contributed by atoms with van der Waals surface area (Å²) in [5.74, 6) is 0.0789. The van der Waals surface area contributed by atoms with Crippen molar-refractivity contribution in [2.24, 2.45) is 18.4 Å². The molecule has 0 radical (unpaired) electrons. The van der Waals surface area contributed by atoms with Crippen molar-refractivity contribution in [1.29, 1.82) is 0 Å². The van der Waals surface area contributed by atoms with Gasteiger partial charge in [-0.1, -0.05) is 25.0 Å². The maximum atomic E-state index is 13.5. The number of benzene rings is 2. The fraction of sp³-hybridized carbons (Fsp3) is 0.467. The van der Waals surface area contributed by atoms with E-state index in [2.05, 4.69) is 10.2 Å². The van der Waals surface area contributed by atoms with Crippen molar-refractivity contribution in [2.75, 3.05) is 13.1 Å². The molecule has 1 aromatic heterocycles. The van der Waals surface area contributed by atoms with Gasteiger partial charge in [-0.3, -0.25) is 14.5 Å². The lowest BCUT2D eigenvalue weighted by atomic mass is 9.73. The first kappa shape index (κ1) is 29.2. The number of nitrogens with one attached hydrogen (secondary N) is 1. The molecule has 1 N–H and O–H groups in total. The van der Waals surface area contributed by atoms with Gasteiger partial charge >= 0.3 is 12.4 Å². The Kier molecular flexibility index (Phi) is 7.69. The Bertz CT molecular complexity index is 1470. The van der Waals surface area contributed by atoms with Crippen LogP contribution >= 0.6 is 0 Å². The number of amides is 1. The molecule has 2 fully saturated rings. The Morgan fingerprint density at radius 2 is 1.51 bits per heavy atom. The van der Waals surface area contributed by atoms with Gasteiger partial charge in [0, 0.05) is 26.2 Å². The Balaban J connectivity index is 1.28. The van der Waals surface area contributed by atoms with E-state index in [-0.39, 0.29) is 23.1 Å². The summed E-state index contributed by atoms with van der Waals surface area (Å²) in [6.07, 6.45) is -6.13. The smallest absolute Gasteiger partial charge is 0.352 e. The van der Waals surface area contributed by atoms with Gasteiger partial charge in [-0.25, -0.2) is 0 Å². The molecule has 2 aliphatic rings. The number of piperidine rings is 1. The predicted molar refractivity (Wildman–Crippen MR) is 142 cm³/mol. The first-order valence-corrected chi connectivity index (χ1v) is 13.6. The number of hydrogen-bond donors (Lipinski definition) is 1. The number of carbonyl (C=O) groups excluding carboxylic acids is 1. The van der Waals surface area contributed by atoms with E-state index in [0.29, 0.717) is 56.9 Å². The highest BCUT2D eigenvalue weighted by atomic mass is 19.4. The van der Waals surface area contributed by atoms with Crippen molar-refractivity contribution in [3.63, 3.8) is 0 Å². The third-order valence-corrected chi connectivity index (χ3v) is 8.37. The van der Waals surface area contributed by atoms with E-state index in [1.807, 2.05) is 18.2 Å². The van der Waals surface area contributed by atoms with Crippen LogP contribution in [0.1, 0.15) is 54.4 Å². The van der Waals surface area contributed by atoms with Gasteiger partial charge in [0.05, 0.1) is 22.1 Å². The Hall–Kier alpha value is -3.34. The van der Waals surface area contributed by atoms with Gasteiger partial charge < -0.3 is 9.88 Å². The zero-order chi connectivity index (χ0) is 29.6. The van der Waals surface area contributed by atoms with Crippen LogP contribution in [0.15, 0.2) is 53.3 Å². The first-order chi connectivity index (χ1) is 19.2. The van der Waals surface area contributed by atoms with E-state index in [1.165, 1.54) is 6.07 Å². The maximum Gasteiger partial charge on any atom is 0.416 e. The number of alkyl halides is 6. The second kappa shape index (κ2) is 10.8. The molecular formula is C30H31F6N3O2. The number of aromatic nitrogens is 1. The number of pyridine rings is 1. The molecule has 1 saturated heterocycles. The van der Waals surface area contributed by atoms with E-state index in [4.69, 9.17) is 0 Å². The van der Waals surface area contributed by atoms with E-state index in [1.54, 1.807) is 17.7 Å². The Morgan fingerprint density at radius 1 is 0.902 bits per heavy atom. The second-order valence-electron chi connectivity index (χ2n) is 11.4. The topological polar surface area (TPSA) is 54.3 Å². The SMILES string of the molecule is Cn1c(=O)ccc2ccc(CN3CCC(CC4CC4)(C(=O)NCc4cc(C(F)(F)F)cc(C(F)(F)F)c4)CC3)cc21. The Labute approximate surface area is 233 Å². The quantitative estimate of drug-likeness (QED) is 0.336. The molecule has 3 aromatic rings. The molecule has 5 nitrogen and oxygen atoms in total. The third kappa shape index (κ3) is 6.60. The first-order valence-electron chi connectivity index (χ1n) is 13.6. The molecule has 0 bridgehead atoms. The number of halogens is 6. The van der Waals surface area contributed by atoms with Crippen LogP contribution in [0, 0.1) is 11.3 Å². The van der Waals surface area contributed by atoms with E-state index >= 15 is 0 Å². The second-order valence-corrected chi connectivity index (χ2v) is 11.4. The van der Waals surface area contributed by atoms with Crippen molar-refractivity contribution in [3.8, 4) is 0 Å². The minimum atomic E-state index is -4.94. The maximum absolute atomic E-state index is 13.5. The number of aryl methyl sites for hydroxylation is 1. The van der Waals surface area contributed by atoms with Crippen molar-refractivity contribution >= 4 is 16.8 Å². The van der Waals surface area contributed by atoms with Crippen molar-refractivity contribution in [3.05, 3.63) is 81.1 Å². The van der Waals surface area contributed by atoms with Gasteiger partial charge in [0.2, 0.25) is 5.91 Å². The van der Waals surface area contributed by atoms with Crippen molar-refractivity contribution < 1.29 is 31.1 Å². The molecule has 1 saturated carbocycles. The normalized spacial score (nSPS) is 18.0. The number of hydrogen-bond acceptors (Lipinski definition) is 3. The summed E-state index contributed by atoms with van der Waals surface area (Å²) in [5, 5.41) is 3.63. The molecular weight excluding hydrogens is 548 g/mol. The van der Waals surface area contributed by atoms with Crippen LogP contribution in [-0.4, -0.2) is 28.5 Å². The van der Waals surface area contributed by atoms with Gasteiger partial charge in [0.25, 0.3) is 5.56 Å². The van der Waals surface area contributed by atoms with E-state index < -0.39 is 35.4 Å². The molecule has 5 rings (SSSR count). The molecule has 1 aliphatic carbocycles. The van der Waals surface area contributed by atoms with Crippen molar-refractivity contribution in [2.45, 2.75) is 57.5 Å². The van der Waals surface area contributed by atoms with Crippen LogP contribution in [-0.2, 0) is 37.3 Å². The zero-order valence-corrected chi connectivity index (χ0v) is 22.5. The summed E-state index contributed by atoms with van der Waals surface area (Å²) in [4.78, 5) is 27.8. The molecule has 0 spiro atoms. The number of rotatable bonds is 7. The Morgan fingerprint density at radius 3 is 2.10 bits per heavy atom. The molecule has 0 unspecified atom stereocenters. The number of fused-ring (bicyclic) bond motifs is 1. The summed E-state index contributed by atoms with van der Waals surface area (Å²) < 4.78 is 81.2. The van der Waals surface area contributed by atoms with Gasteiger partial charge in [-0.15, -0.1) is 0 Å². The third-order valence-electron chi connectivity index (χ3n) is 8.37. The van der Waals surface area contributed by atoms with E-state index in [0.717, 1.165) is 29.3 Å². The fourth-order valence-electron chi connectivity index (χ4n) is 5.80. The molecule has 11 heteroatoms. The van der Waals surface area contributed by atoms with Crippen LogP contribution in [0.25, 0.3) is 10.9 Å². The predicted octanol–water partition coefficient (Wildman–Crippen LogP) is 6.27. The molecule has 220 valence electrons. The average Bonchev–Trinajstić information content (AvgIpc) is 3.73. The van der Waals surface area contributed by atoms with Crippen LogP contribution in [0.4, 0.5) is 26.3 Å². The summed E-state index contributed by atoms with van der Waals surface area (Å²) in [6.45, 7) is 1.45. The number of nitrogens with zero attached hydrogens (tertiary/aromatic N) is 2. The molecule has 1 amide bonds.